The number of nitrogens with two attached hydrogens (primary N) is 4. The molecule has 0 bridgehead atoms. The minimum atomic E-state index is -1.21. The minimum absolute atomic E-state index is 0.0130. The number of carboxylic acids is 1. The molecule has 0 saturated carbocycles. The molecule has 2 aromatic rings. The zero-order valence-corrected chi connectivity index (χ0v) is 14.8. The number of esters is 1. The maximum Gasteiger partial charge on any atom is 0.352 e. The highest BCUT2D eigenvalue weighted by Gasteiger charge is 2.21. The molecule has 2 rings (SSSR count). The maximum atomic E-state index is 11.2. The normalized spacial score (nSPS) is 9.73. The quantitative estimate of drug-likeness (QED) is 0.403. The zero-order chi connectivity index (χ0) is 20.0. The van der Waals surface area contributed by atoms with Crippen molar-refractivity contribution in [1.82, 2.24) is 8.75 Å². The van der Waals surface area contributed by atoms with Gasteiger partial charge in [-0.2, -0.15) is 8.75 Å². The molecule has 0 aromatic carbocycles. The molecule has 0 aliphatic carbocycles. The van der Waals surface area contributed by atoms with Crippen molar-refractivity contribution in [2.75, 3.05) is 18.1 Å². The molecule has 2 amide bonds. The van der Waals surface area contributed by atoms with Crippen molar-refractivity contribution in [3.8, 4) is 0 Å². The fraction of sp³-hybridized carbons (Fsp3) is 0.167. The van der Waals surface area contributed by atoms with Crippen molar-refractivity contribution >= 4 is 58.2 Å². The topological polar surface area (TPSA) is 228 Å². The second-order valence-electron chi connectivity index (χ2n) is 4.30. The highest BCUT2D eigenvalue weighted by molar-refractivity contribution is 7.09. The van der Waals surface area contributed by atoms with Crippen LogP contribution >= 0.6 is 23.1 Å². The van der Waals surface area contributed by atoms with Crippen molar-refractivity contribution in [2.24, 2.45) is 11.5 Å². The monoisotopic (exact) mass is 402 g/mol. The summed E-state index contributed by atoms with van der Waals surface area (Å²) in [6, 6.07) is 0. The first kappa shape index (κ1) is 20.8. The molecule has 0 fully saturated rings. The highest BCUT2D eigenvalue weighted by atomic mass is 32.1. The molecule has 0 aliphatic heterocycles. The molecule has 0 atom stereocenters. The molecule has 14 heteroatoms. The Morgan fingerprint density at radius 1 is 0.962 bits per heavy atom. The number of aromatic carboxylic acids is 1. The van der Waals surface area contributed by atoms with Crippen LogP contribution in [-0.2, 0) is 4.74 Å². The van der Waals surface area contributed by atoms with Crippen LogP contribution in [0.15, 0.2) is 0 Å². The number of carboxylic acid groups (broad SMARTS) is 1. The molecule has 0 unspecified atom stereocenters. The third kappa shape index (κ3) is 4.64. The number of rotatable bonds is 5. The van der Waals surface area contributed by atoms with Crippen LogP contribution in [0.4, 0.5) is 11.4 Å². The van der Waals surface area contributed by atoms with Crippen LogP contribution in [0.3, 0.4) is 0 Å². The average molecular weight is 402 g/mol. The Balaban J connectivity index is 0.000000263. The summed E-state index contributed by atoms with van der Waals surface area (Å²) in [5.41, 5.74) is 20.1. The van der Waals surface area contributed by atoms with E-state index in [0.717, 1.165) is 11.5 Å². The van der Waals surface area contributed by atoms with Crippen molar-refractivity contribution in [3.63, 3.8) is 0 Å². The summed E-state index contributed by atoms with van der Waals surface area (Å²) in [6.45, 7) is 1.91. The number of hydrogen-bond acceptors (Lipinski definition) is 11. The maximum absolute atomic E-state index is 11.2. The number of carbonyl (C=O) groups is 4. The number of carbonyl (C=O) groups excluding carboxylic acids is 3. The Morgan fingerprint density at radius 3 is 1.69 bits per heavy atom. The molecule has 26 heavy (non-hydrogen) atoms. The second-order valence-corrected chi connectivity index (χ2v) is 5.85. The number of ether oxygens (including phenoxy) is 1. The van der Waals surface area contributed by atoms with Gasteiger partial charge in [0.1, 0.15) is 0 Å². The molecule has 2 aromatic heterocycles. The van der Waals surface area contributed by atoms with Gasteiger partial charge in [0.2, 0.25) is 0 Å². The third-order valence-electron chi connectivity index (χ3n) is 2.58. The van der Waals surface area contributed by atoms with E-state index in [-0.39, 0.29) is 39.1 Å². The molecular formula is C12H14N6O6S2. The smallest absolute Gasteiger partial charge is 0.352 e. The molecular weight excluding hydrogens is 388 g/mol. The van der Waals surface area contributed by atoms with Gasteiger partial charge in [0.25, 0.3) is 11.8 Å². The largest absolute Gasteiger partial charge is 0.477 e. The van der Waals surface area contributed by atoms with Gasteiger partial charge >= 0.3 is 11.9 Å². The van der Waals surface area contributed by atoms with Crippen molar-refractivity contribution < 1.29 is 29.0 Å². The van der Waals surface area contributed by atoms with E-state index in [1.807, 2.05) is 0 Å². The van der Waals surface area contributed by atoms with Crippen LogP contribution in [-0.4, -0.2) is 44.2 Å². The molecule has 9 N–H and O–H groups in total. The molecule has 0 aliphatic rings. The lowest BCUT2D eigenvalue weighted by molar-refractivity contribution is 0.0532. The molecule has 2 heterocycles. The summed E-state index contributed by atoms with van der Waals surface area (Å²) in [7, 11) is 0. The molecule has 12 nitrogen and oxygen atoms in total. The van der Waals surface area contributed by atoms with E-state index < -0.39 is 23.8 Å². The van der Waals surface area contributed by atoms with E-state index >= 15 is 0 Å². The minimum Gasteiger partial charge on any atom is -0.477 e. The standard InChI is InChI=1S/C7H9N3O3S.C5H5N3O3S/c1-2-13-7(12)5-3(8)4(6(9)11)10-14-5;6-1-2(4(7)9)8-12-3(1)5(10)11/h2,8H2,1H3,(H2,9,11);6H2,(H2,7,9)(H,10,11). The van der Waals surface area contributed by atoms with E-state index in [4.69, 9.17) is 32.8 Å². The second kappa shape index (κ2) is 8.72. The van der Waals surface area contributed by atoms with Crippen molar-refractivity contribution in [1.29, 1.82) is 0 Å². The Hall–Kier alpha value is -3.26. The third-order valence-corrected chi connectivity index (χ3v) is 4.27. The fourth-order valence-electron chi connectivity index (χ4n) is 1.45. The van der Waals surface area contributed by atoms with E-state index in [1.54, 1.807) is 6.92 Å². The number of hydrogen-bond donors (Lipinski definition) is 5. The van der Waals surface area contributed by atoms with Crippen LogP contribution in [0.2, 0.25) is 0 Å². The van der Waals surface area contributed by atoms with Crippen LogP contribution < -0.4 is 22.9 Å². The van der Waals surface area contributed by atoms with Gasteiger partial charge in [-0.1, -0.05) is 0 Å². The van der Waals surface area contributed by atoms with Gasteiger partial charge in [-0.05, 0) is 30.0 Å². The number of aromatic nitrogens is 2. The summed E-state index contributed by atoms with van der Waals surface area (Å²) in [4.78, 5) is 42.9. The molecule has 140 valence electrons. The number of primary amides is 2. The van der Waals surface area contributed by atoms with Gasteiger partial charge < -0.3 is 32.8 Å². The average Bonchev–Trinajstić information content (AvgIpc) is 3.11. The van der Waals surface area contributed by atoms with Gasteiger partial charge in [-0.3, -0.25) is 9.59 Å². The number of nitrogens with zero attached hydrogens (tertiary/aromatic N) is 2. The Bertz CT molecular complexity index is 829. The predicted octanol–water partition coefficient (Wildman–Crippen LogP) is -0.477. The first-order valence-electron chi connectivity index (χ1n) is 6.62. The van der Waals surface area contributed by atoms with Crippen LogP contribution in [0.25, 0.3) is 0 Å². The Morgan fingerprint density at radius 2 is 1.38 bits per heavy atom. The van der Waals surface area contributed by atoms with Crippen molar-refractivity contribution in [2.45, 2.75) is 6.92 Å². The van der Waals surface area contributed by atoms with E-state index in [2.05, 4.69) is 8.75 Å². The number of nitrogen functional groups attached to an aromatic ring is 2. The molecule has 0 spiro atoms. The summed E-state index contributed by atoms with van der Waals surface area (Å²) < 4.78 is 11.9. The van der Waals surface area contributed by atoms with Gasteiger partial charge in [-0.15, -0.1) is 0 Å². The lowest BCUT2D eigenvalue weighted by Gasteiger charge is -1.98. The van der Waals surface area contributed by atoms with Crippen LogP contribution in [0.5, 0.6) is 0 Å². The van der Waals surface area contributed by atoms with E-state index in [1.165, 1.54) is 0 Å². The number of anilines is 2. The predicted molar refractivity (Wildman–Crippen MR) is 93.0 cm³/mol. The SMILES string of the molecule is CCOC(=O)c1snc(C(N)=O)c1N.NC(=O)c1nsc(C(=O)O)c1N. The van der Waals surface area contributed by atoms with Crippen LogP contribution in [0.1, 0.15) is 47.2 Å². The first-order valence-corrected chi connectivity index (χ1v) is 8.16. The first-order chi connectivity index (χ1) is 12.1. The van der Waals surface area contributed by atoms with E-state index in [0.29, 0.717) is 11.5 Å². The fourth-order valence-corrected chi connectivity index (χ4v) is 2.79. The molecule has 0 saturated heterocycles. The summed E-state index contributed by atoms with van der Waals surface area (Å²) in [5.74, 6) is -3.38. The Labute approximate surface area is 154 Å². The van der Waals surface area contributed by atoms with Crippen molar-refractivity contribution in [3.05, 3.63) is 21.1 Å². The van der Waals surface area contributed by atoms with Gasteiger partial charge in [-0.25, -0.2) is 9.59 Å². The van der Waals surface area contributed by atoms with Gasteiger partial charge in [0.15, 0.2) is 21.1 Å². The Kier molecular flexibility index (Phi) is 6.97. The summed E-state index contributed by atoms with van der Waals surface area (Å²) >= 11 is 1.44. The zero-order valence-electron chi connectivity index (χ0n) is 13.2. The van der Waals surface area contributed by atoms with Gasteiger partial charge in [0, 0.05) is 0 Å². The number of amides is 2. The van der Waals surface area contributed by atoms with Gasteiger partial charge in [0.05, 0.1) is 18.0 Å². The lowest BCUT2D eigenvalue weighted by atomic mass is 10.3. The molecule has 0 radical (unpaired) electrons. The van der Waals surface area contributed by atoms with Crippen LogP contribution in [0, 0.1) is 0 Å². The van der Waals surface area contributed by atoms with E-state index in [9.17, 15) is 19.2 Å². The summed E-state index contributed by atoms with van der Waals surface area (Å²) in [5, 5.41) is 8.50. The lowest BCUT2D eigenvalue weighted by Crippen LogP contribution is -2.14. The highest BCUT2D eigenvalue weighted by Crippen LogP contribution is 2.22. The summed E-state index contributed by atoms with van der Waals surface area (Å²) in [6.07, 6.45) is 0.